The molecule has 3 aromatic carbocycles. The number of hydrogen-bond donors (Lipinski definition) is 10. The molecule has 10 N–H and O–H groups in total. The second kappa shape index (κ2) is 22.6. The van der Waals surface area contributed by atoms with E-state index in [2.05, 4.69) is 4.74 Å². The number of benzene rings is 3. The zero-order valence-electron chi connectivity index (χ0n) is 31.0. The molecule has 0 unspecified atom stereocenters. The molecule has 0 fully saturated rings. The molecule has 3 aromatic rings. The molecular weight excluding hydrogens is 788 g/mol. The molecule has 0 bridgehead atoms. The Balaban J connectivity index is 0.000000407. The van der Waals surface area contributed by atoms with Crippen molar-refractivity contribution in [2.75, 3.05) is 19.8 Å². The lowest BCUT2D eigenvalue weighted by molar-refractivity contribution is 0.0384. The van der Waals surface area contributed by atoms with Gasteiger partial charge in [-0.2, -0.15) is 0 Å². The van der Waals surface area contributed by atoms with Crippen LogP contribution in [0.1, 0.15) is 148 Å². The molecule has 0 aliphatic carbocycles. The summed E-state index contributed by atoms with van der Waals surface area (Å²) in [7, 11) is 0. The number of esters is 2. The van der Waals surface area contributed by atoms with E-state index in [1.165, 1.54) is 0 Å². The van der Waals surface area contributed by atoms with Crippen LogP contribution in [0.2, 0.25) is 0 Å². The lowest BCUT2D eigenvalue weighted by Crippen LogP contribution is -2.22. The summed E-state index contributed by atoms with van der Waals surface area (Å²) in [6.07, 6.45) is 2.45. The van der Waals surface area contributed by atoms with Crippen molar-refractivity contribution >= 4 is 53.7 Å². The number of ether oxygens (including phenoxy) is 1. The molecule has 0 saturated carbocycles. The number of rotatable bonds is 21. The highest BCUT2D eigenvalue weighted by molar-refractivity contribution is 6.12. The van der Waals surface area contributed by atoms with E-state index >= 15 is 0 Å². The Labute approximate surface area is 333 Å². The van der Waals surface area contributed by atoms with E-state index in [1.807, 2.05) is 0 Å². The average Bonchev–Trinajstić information content (AvgIpc) is 3.17. The minimum absolute atomic E-state index is 0.00796. The lowest BCUT2D eigenvalue weighted by Gasteiger charge is -2.22. The predicted molar refractivity (Wildman–Crippen MR) is 198 cm³/mol. The third-order valence-corrected chi connectivity index (χ3v) is 8.59. The first-order valence-corrected chi connectivity index (χ1v) is 17.5. The first-order chi connectivity index (χ1) is 27.8. The van der Waals surface area contributed by atoms with Crippen molar-refractivity contribution in [3.05, 3.63) is 103 Å². The fourth-order valence-corrected chi connectivity index (χ4v) is 5.94. The summed E-state index contributed by atoms with van der Waals surface area (Å²) in [6.45, 7) is -0.386. The molecule has 0 amide bonds. The van der Waals surface area contributed by atoms with Gasteiger partial charge in [0.2, 0.25) is 0 Å². The highest BCUT2D eigenvalue weighted by atomic mass is 16.6. The Kier molecular flexibility index (Phi) is 18.5. The lowest BCUT2D eigenvalue weighted by atomic mass is 9.81. The summed E-state index contributed by atoms with van der Waals surface area (Å²) in [4.78, 5) is 105. The van der Waals surface area contributed by atoms with Gasteiger partial charge in [-0.1, -0.05) is 0 Å². The Hall–Kier alpha value is -7.03. The number of carbonyl (C=O) groups is 9. The molecule has 20 nitrogen and oxygen atoms in total. The van der Waals surface area contributed by atoms with Crippen LogP contribution in [0.5, 0.6) is 0 Å². The quantitative estimate of drug-likeness (QED) is 0.0418. The standard InChI is InChI=1S/C21H30O9.C18H10O11/c22-10-4-1-7-13-14(8-2-5-11-23)17(20(27)28)18(21(29)30)15(9-3-6-12-24)16(13)19(25)26;19-13(20)7-1-3-9(11(5-7)15(23)24)17(27)29-18(28)10-4-2-8(14(21)22)6-12(10)16(25)26/h22-24H,1-12H2,(H,25,26)(H,27,28)(H,29,30);1-6H,(H,19,20)(H,21,22)(H,23,24)(H,25,26). The van der Waals surface area contributed by atoms with Crippen LogP contribution >= 0.6 is 0 Å². The maximum atomic E-state index is 12.2. The first kappa shape index (κ1) is 48.1. The molecule has 0 aliphatic heterocycles. The highest BCUT2D eigenvalue weighted by Crippen LogP contribution is 2.33. The monoisotopic (exact) mass is 828 g/mol. The number of aromatic carboxylic acids is 7. The number of carboxylic acid groups (broad SMARTS) is 7. The summed E-state index contributed by atoms with van der Waals surface area (Å²) in [5.74, 6) is -13.5. The summed E-state index contributed by atoms with van der Waals surface area (Å²) >= 11 is 0. The zero-order chi connectivity index (χ0) is 44.6. The van der Waals surface area contributed by atoms with Crippen LogP contribution in [-0.4, -0.2) is 125 Å². The van der Waals surface area contributed by atoms with Gasteiger partial charge in [-0.05, 0) is 111 Å². The zero-order valence-corrected chi connectivity index (χ0v) is 31.0. The number of carboxylic acids is 7. The number of carbonyl (C=O) groups excluding carboxylic acids is 2. The van der Waals surface area contributed by atoms with Crippen molar-refractivity contribution in [1.82, 2.24) is 0 Å². The van der Waals surface area contributed by atoms with Gasteiger partial charge in [0.05, 0.1) is 50.1 Å². The van der Waals surface area contributed by atoms with Gasteiger partial charge < -0.3 is 55.8 Å². The SMILES string of the molecule is O=C(O)c1c(CCCCO)c(CCCCO)c(C(=O)O)c(C(=O)O)c1CCCCO.O=C(O)c1ccc(C(=O)OC(=O)c2ccc(C(=O)O)cc2C(=O)O)c(C(=O)O)c1. The molecule has 3 rings (SSSR count). The molecule has 0 saturated heterocycles. The number of hydrogen-bond acceptors (Lipinski definition) is 13. The van der Waals surface area contributed by atoms with Gasteiger partial charge in [0.25, 0.3) is 0 Å². The summed E-state index contributed by atoms with van der Waals surface area (Å²) in [5, 5.41) is 92.8. The Morgan fingerprint density at radius 1 is 0.373 bits per heavy atom. The third kappa shape index (κ3) is 12.7. The minimum atomic E-state index is -1.66. The fraction of sp³-hybridized carbons (Fsp3) is 0.308. The molecule has 0 aromatic heterocycles. The van der Waals surface area contributed by atoms with Crippen molar-refractivity contribution in [2.24, 2.45) is 0 Å². The molecule has 20 heteroatoms. The molecular formula is C39H40O20. The molecule has 0 spiro atoms. The van der Waals surface area contributed by atoms with Crippen LogP contribution in [0.3, 0.4) is 0 Å². The smallest absolute Gasteiger partial charge is 0.346 e. The van der Waals surface area contributed by atoms with Gasteiger partial charge in [-0.3, -0.25) is 0 Å². The van der Waals surface area contributed by atoms with Gasteiger partial charge in [0.1, 0.15) is 0 Å². The highest BCUT2D eigenvalue weighted by Gasteiger charge is 2.32. The largest absolute Gasteiger partial charge is 0.478 e. The maximum Gasteiger partial charge on any atom is 0.346 e. The number of aliphatic hydroxyl groups excluding tert-OH is 3. The van der Waals surface area contributed by atoms with E-state index in [0.29, 0.717) is 50.7 Å². The van der Waals surface area contributed by atoms with Crippen molar-refractivity contribution < 1.29 is 99.0 Å². The van der Waals surface area contributed by atoms with Crippen LogP contribution in [0.25, 0.3) is 0 Å². The molecule has 0 heterocycles. The van der Waals surface area contributed by atoms with E-state index in [9.17, 15) is 58.5 Å². The number of unbranched alkanes of at least 4 members (excludes halogenated alkanes) is 3. The van der Waals surface area contributed by atoms with E-state index in [-0.39, 0.29) is 61.3 Å². The van der Waals surface area contributed by atoms with Crippen LogP contribution in [0.15, 0.2) is 36.4 Å². The second-order valence-electron chi connectivity index (χ2n) is 12.4. The fourth-order valence-electron chi connectivity index (χ4n) is 5.94. The molecule has 59 heavy (non-hydrogen) atoms. The van der Waals surface area contributed by atoms with E-state index in [4.69, 9.17) is 35.7 Å². The van der Waals surface area contributed by atoms with Crippen molar-refractivity contribution in [3.63, 3.8) is 0 Å². The van der Waals surface area contributed by atoms with Crippen LogP contribution in [0, 0.1) is 0 Å². The Bertz CT molecular complexity index is 2050. The Morgan fingerprint density at radius 3 is 1.00 bits per heavy atom. The maximum absolute atomic E-state index is 12.2. The average molecular weight is 829 g/mol. The normalized spacial score (nSPS) is 10.5. The van der Waals surface area contributed by atoms with Gasteiger partial charge in [-0.25, -0.2) is 43.2 Å². The first-order valence-electron chi connectivity index (χ1n) is 17.5. The molecule has 316 valence electrons. The molecule has 0 radical (unpaired) electrons. The van der Waals surface area contributed by atoms with Gasteiger partial charge in [0.15, 0.2) is 0 Å². The summed E-state index contributed by atoms with van der Waals surface area (Å²) < 4.78 is 4.51. The van der Waals surface area contributed by atoms with E-state index in [0.717, 1.165) is 24.3 Å². The Morgan fingerprint density at radius 2 is 0.695 bits per heavy atom. The second-order valence-corrected chi connectivity index (χ2v) is 12.4. The third-order valence-electron chi connectivity index (χ3n) is 8.59. The van der Waals surface area contributed by atoms with Crippen molar-refractivity contribution in [3.8, 4) is 0 Å². The van der Waals surface area contributed by atoms with Gasteiger partial charge in [0, 0.05) is 19.8 Å². The van der Waals surface area contributed by atoms with E-state index < -0.39 is 98.2 Å². The van der Waals surface area contributed by atoms with Crippen molar-refractivity contribution in [1.29, 1.82) is 0 Å². The number of aliphatic hydroxyl groups is 3. The van der Waals surface area contributed by atoms with Crippen LogP contribution in [0.4, 0.5) is 0 Å². The van der Waals surface area contributed by atoms with Crippen LogP contribution < -0.4 is 0 Å². The summed E-state index contributed by atoms with van der Waals surface area (Å²) in [6, 6.07) is 4.87. The minimum Gasteiger partial charge on any atom is -0.478 e. The van der Waals surface area contributed by atoms with Crippen LogP contribution in [-0.2, 0) is 24.0 Å². The molecule has 0 aliphatic rings. The topological polar surface area (TPSA) is 365 Å². The summed E-state index contributed by atoms with van der Waals surface area (Å²) in [5.41, 5.74) is -4.39. The predicted octanol–water partition coefficient (Wildman–Crippen LogP) is 3.20. The van der Waals surface area contributed by atoms with Gasteiger partial charge in [-0.15, -0.1) is 0 Å². The van der Waals surface area contributed by atoms with Gasteiger partial charge >= 0.3 is 53.7 Å². The molecule has 0 atom stereocenters. The van der Waals surface area contributed by atoms with E-state index in [1.54, 1.807) is 0 Å². The van der Waals surface area contributed by atoms with Crippen molar-refractivity contribution in [2.45, 2.75) is 57.8 Å².